The Balaban J connectivity index is 1.67. The molecule has 0 spiro atoms. The van der Waals surface area contributed by atoms with E-state index >= 15 is 0 Å². The molecule has 1 aromatic carbocycles. The molecular weight excluding hydrogens is 304 g/mol. The van der Waals surface area contributed by atoms with E-state index in [1.54, 1.807) is 14.2 Å². The summed E-state index contributed by atoms with van der Waals surface area (Å²) in [7, 11) is 3.32. The van der Waals surface area contributed by atoms with Crippen molar-refractivity contribution in [2.45, 2.75) is 44.1 Å². The zero-order chi connectivity index (χ0) is 17.1. The van der Waals surface area contributed by atoms with E-state index in [1.165, 1.54) is 5.56 Å². The van der Waals surface area contributed by atoms with E-state index in [2.05, 4.69) is 12.1 Å². The molecular formula is C19H28N2O3. The van der Waals surface area contributed by atoms with Gasteiger partial charge in [0.15, 0.2) is 0 Å². The molecule has 0 radical (unpaired) electrons. The molecule has 0 bridgehead atoms. The number of hydrogen-bond acceptors (Lipinski definition) is 4. The topological polar surface area (TPSA) is 64.8 Å². The van der Waals surface area contributed by atoms with E-state index < -0.39 is 0 Å². The van der Waals surface area contributed by atoms with E-state index in [0.29, 0.717) is 11.8 Å². The highest BCUT2D eigenvalue weighted by Crippen LogP contribution is 2.34. The van der Waals surface area contributed by atoms with Gasteiger partial charge in [0.1, 0.15) is 11.5 Å². The van der Waals surface area contributed by atoms with Crippen molar-refractivity contribution in [3.63, 3.8) is 0 Å². The Kier molecular flexibility index (Phi) is 5.29. The quantitative estimate of drug-likeness (QED) is 0.920. The normalized spacial score (nSPS) is 27.1. The third-order valence-corrected chi connectivity index (χ3v) is 5.41. The third kappa shape index (κ3) is 3.66. The summed E-state index contributed by atoms with van der Waals surface area (Å²) < 4.78 is 10.7. The van der Waals surface area contributed by atoms with E-state index in [1.807, 2.05) is 11.0 Å². The van der Waals surface area contributed by atoms with Crippen LogP contribution in [-0.2, 0) is 4.79 Å². The van der Waals surface area contributed by atoms with Crippen molar-refractivity contribution in [1.82, 2.24) is 4.90 Å². The highest BCUT2D eigenvalue weighted by Gasteiger charge is 2.33. The molecule has 1 saturated heterocycles. The van der Waals surface area contributed by atoms with Crippen LogP contribution in [0.5, 0.6) is 11.5 Å². The molecule has 5 heteroatoms. The van der Waals surface area contributed by atoms with Crippen molar-refractivity contribution in [3.8, 4) is 11.5 Å². The second-order valence-corrected chi connectivity index (χ2v) is 7.04. The monoisotopic (exact) mass is 332 g/mol. The lowest BCUT2D eigenvalue weighted by atomic mass is 9.85. The number of carbonyl (C=O) groups excluding carboxylic acids is 1. The van der Waals surface area contributed by atoms with Crippen LogP contribution in [0.2, 0.25) is 0 Å². The number of carbonyl (C=O) groups is 1. The van der Waals surface area contributed by atoms with Crippen LogP contribution >= 0.6 is 0 Å². The average Bonchev–Trinajstić information content (AvgIpc) is 3.10. The van der Waals surface area contributed by atoms with Crippen LogP contribution in [0.25, 0.3) is 0 Å². The fourth-order valence-electron chi connectivity index (χ4n) is 4.01. The lowest BCUT2D eigenvalue weighted by Gasteiger charge is -2.29. The highest BCUT2D eigenvalue weighted by atomic mass is 16.5. The van der Waals surface area contributed by atoms with Crippen LogP contribution in [0.1, 0.15) is 43.6 Å². The Labute approximate surface area is 144 Å². The van der Waals surface area contributed by atoms with Gasteiger partial charge in [-0.2, -0.15) is 0 Å². The summed E-state index contributed by atoms with van der Waals surface area (Å²) in [4.78, 5) is 14.8. The maximum Gasteiger partial charge on any atom is 0.225 e. The minimum atomic E-state index is 0.118. The van der Waals surface area contributed by atoms with Gasteiger partial charge in [0.05, 0.1) is 14.2 Å². The minimum Gasteiger partial charge on any atom is -0.497 e. The Morgan fingerprint density at radius 1 is 1.12 bits per heavy atom. The third-order valence-electron chi connectivity index (χ3n) is 5.41. The molecule has 1 aromatic rings. The van der Waals surface area contributed by atoms with Crippen LogP contribution in [-0.4, -0.2) is 44.2 Å². The van der Waals surface area contributed by atoms with Gasteiger partial charge in [-0.3, -0.25) is 4.79 Å². The second kappa shape index (κ2) is 7.43. The van der Waals surface area contributed by atoms with Crippen molar-refractivity contribution in [1.29, 1.82) is 0 Å². The van der Waals surface area contributed by atoms with Crippen molar-refractivity contribution in [2.75, 3.05) is 27.3 Å². The van der Waals surface area contributed by atoms with Gasteiger partial charge in [-0.15, -0.1) is 0 Å². The molecule has 132 valence electrons. The molecule has 2 aliphatic rings. The number of hydrogen-bond donors (Lipinski definition) is 1. The van der Waals surface area contributed by atoms with E-state index in [0.717, 1.165) is 56.7 Å². The summed E-state index contributed by atoms with van der Waals surface area (Å²) in [5.74, 6) is 2.35. The lowest BCUT2D eigenvalue weighted by molar-refractivity contribution is -0.135. The minimum absolute atomic E-state index is 0.118. The van der Waals surface area contributed by atoms with Crippen molar-refractivity contribution in [2.24, 2.45) is 11.7 Å². The van der Waals surface area contributed by atoms with Gasteiger partial charge in [0.25, 0.3) is 0 Å². The molecule has 2 N–H and O–H groups in total. The van der Waals surface area contributed by atoms with E-state index in [4.69, 9.17) is 15.2 Å². The molecule has 1 aliphatic carbocycles. The number of likely N-dealkylation sites (tertiary alicyclic amines) is 1. The number of nitrogens with zero attached hydrogens (tertiary/aromatic N) is 1. The maximum atomic E-state index is 12.8. The molecule has 3 atom stereocenters. The van der Waals surface area contributed by atoms with Crippen LogP contribution in [0, 0.1) is 5.92 Å². The van der Waals surface area contributed by atoms with Crippen molar-refractivity contribution >= 4 is 5.91 Å². The first kappa shape index (κ1) is 17.1. The molecule has 24 heavy (non-hydrogen) atoms. The SMILES string of the molecule is COc1cc(OC)cc([C@@H]2CCN(C(=O)[C@@H]3CCC[C@@H](N)C3)C2)c1. The number of benzene rings is 1. The van der Waals surface area contributed by atoms with Gasteiger partial charge in [0, 0.05) is 37.0 Å². The Bertz CT molecular complexity index is 568. The second-order valence-electron chi connectivity index (χ2n) is 7.04. The van der Waals surface area contributed by atoms with Crippen LogP contribution < -0.4 is 15.2 Å². The van der Waals surface area contributed by atoms with Crippen LogP contribution in [0.3, 0.4) is 0 Å². The zero-order valence-corrected chi connectivity index (χ0v) is 14.7. The molecule has 0 aromatic heterocycles. The molecule has 0 unspecified atom stereocenters. The maximum absolute atomic E-state index is 12.8. The lowest BCUT2D eigenvalue weighted by Crippen LogP contribution is -2.39. The predicted octanol–water partition coefficient (Wildman–Crippen LogP) is 2.54. The molecule has 2 fully saturated rings. The van der Waals surface area contributed by atoms with Gasteiger partial charge >= 0.3 is 0 Å². The summed E-state index contributed by atoms with van der Waals surface area (Å²) in [5.41, 5.74) is 7.23. The first-order valence-corrected chi connectivity index (χ1v) is 8.88. The molecule has 1 aliphatic heterocycles. The first-order valence-electron chi connectivity index (χ1n) is 8.88. The van der Waals surface area contributed by atoms with Gasteiger partial charge in [-0.05, 0) is 43.4 Å². The highest BCUT2D eigenvalue weighted by molar-refractivity contribution is 5.79. The molecule has 3 rings (SSSR count). The summed E-state index contributed by atoms with van der Waals surface area (Å²) in [6, 6.07) is 6.17. The van der Waals surface area contributed by atoms with E-state index in [-0.39, 0.29) is 12.0 Å². The Morgan fingerprint density at radius 2 is 1.83 bits per heavy atom. The number of ether oxygens (including phenoxy) is 2. The van der Waals surface area contributed by atoms with Crippen molar-refractivity contribution < 1.29 is 14.3 Å². The smallest absolute Gasteiger partial charge is 0.225 e. The molecule has 1 saturated carbocycles. The Hall–Kier alpha value is -1.75. The fourth-order valence-corrected chi connectivity index (χ4v) is 4.01. The predicted molar refractivity (Wildman–Crippen MR) is 93.4 cm³/mol. The number of amides is 1. The first-order chi connectivity index (χ1) is 11.6. The van der Waals surface area contributed by atoms with E-state index in [9.17, 15) is 4.79 Å². The van der Waals surface area contributed by atoms with Crippen molar-refractivity contribution in [3.05, 3.63) is 23.8 Å². The van der Waals surface area contributed by atoms with Gasteiger partial charge in [0.2, 0.25) is 5.91 Å². The molecule has 5 nitrogen and oxygen atoms in total. The van der Waals surface area contributed by atoms with Gasteiger partial charge in [-0.25, -0.2) is 0 Å². The fraction of sp³-hybridized carbons (Fsp3) is 0.632. The summed E-state index contributed by atoms with van der Waals surface area (Å²) in [6.45, 7) is 1.61. The largest absolute Gasteiger partial charge is 0.497 e. The summed E-state index contributed by atoms with van der Waals surface area (Å²) in [6.07, 6.45) is 4.94. The number of nitrogens with two attached hydrogens (primary N) is 1. The van der Waals surface area contributed by atoms with Gasteiger partial charge in [-0.1, -0.05) is 6.42 Å². The molecule has 1 amide bonds. The van der Waals surface area contributed by atoms with Crippen LogP contribution in [0.4, 0.5) is 0 Å². The summed E-state index contributed by atoms with van der Waals surface area (Å²) >= 11 is 0. The van der Waals surface area contributed by atoms with Gasteiger partial charge < -0.3 is 20.1 Å². The average molecular weight is 332 g/mol. The summed E-state index contributed by atoms with van der Waals surface area (Å²) in [5, 5.41) is 0. The molecule has 1 heterocycles. The Morgan fingerprint density at radius 3 is 2.46 bits per heavy atom. The van der Waals surface area contributed by atoms with Crippen LogP contribution in [0.15, 0.2) is 18.2 Å². The number of rotatable bonds is 4. The zero-order valence-electron chi connectivity index (χ0n) is 14.7. The standard InChI is InChI=1S/C19H28N2O3/c1-23-17-9-15(10-18(11-17)24-2)14-6-7-21(12-14)19(22)13-4-3-5-16(20)8-13/h9-11,13-14,16H,3-8,12,20H2,1-2H3/t13-,14-,16-/m1/s1. The number of methoxy groups -OCH3 is 2.